The maximum Gasteiger partial charge on any atom is 0.0834 e. The van der Waals surface area contributed by atoms with Gasteiger partial charge in [-0.2, -0.15) is 0 Å². The van der Waals surface area contributed by atoms with Crippen molar-refractivity contribution in [3.05, 3.63) is 53.1 Å². The summed E-state index contributed by atoms with van der Waals surface area (Å²) in [5.74, 6) is 0.574. The topological polar surface area (TPSA) is 26.0 Å². The van der Waals surface area contributed by atoms with Crippen LogP contribution < -0.4 is 5.73 Å². The summed E-state index contributed by atoms with van der Waals surface area (Å²) in [6.45, 7) is 4.45. The van der Waals surface area contributed by atoms with Gasteiger partial charge < -0.3 is 5.73 Å². The first kappa shape index (κ1) is 10.2. The summed E-state index contributed by atoms with van der Waals surface area (Å²) < 4.78 is 0. The largest absolute Gasteiger partial charge is 0.392 e. The van der Waals surface area contributed by atoms with Crippen LogP contribution in [-0.2, 0) is 6.42 Å². The lowest BCUT2D eigenvalue weighted by Gasteiger charge is -2.07. The highest BCUT2D eigenvalue weighted by Gasteiger charge is 2.19. The number of anilines is 1. The number of hydrogen-bond acceptors (Lipinski definition) is 1. The molecule has 0 unspecified atom stereocenters. The first-order valence-corrected chi connectivity index (χ1v) is 6.00. The molecule has 0 atom stereocenters. The molecule has 3 rings (SSSR count). The van der Waals surface area contributed by atoms with Crippen molar-refractivity contribution in [2.75, 3.05) is 5.73 Å². The van der Waals surface area contributed by atoms with E-state index in [1.165, 1.54) is 27.8 Å². The van der Waals surface area contributed by atoms with E-state index >= 15 is 0 Å². The molecule has 1 nitrogen and oxygen atoms in total. The molecule has 17 heavy (non-hydrogen) atoms. The van der Waals surface area contributed by atoms with E-state index < -0.39 is 0 Å². The Kier molecular flexibility index (Phi) is 2.12. The van der Waals surface area contributed by atoms with Crippen molar-refractivity contribution < 1.29 is 0 Å². The molecule has 2 aromatic rings. The molecule has 2 aromatic carbocycles. The number of rotatable bonds is 1. The lowest BCUT2D eigenvalue weighted by atomic mass is 9.98. The molecule has 0 aliphatic heterocycles. The van der Waals surface area contributed by atoms with E-state index in [9.17, 15) is 0 Å². The molecular weight excluding hydrogens is 206 g/mol. The normalized spacial score (nSPS) is 12.2. The minimum atomic E-state index is 0.574. The minimum absolute atomic E-state index is 0.574. The molecule has 1 heteroatoms. The molecule has 0 fully saturated rings. The predicted molar refractivity (Wildman–Crippen MR) is 70.9 cm³/mol. The van der Waals surface area contributed by atoms with Gasteiger partial charge in [0, 0.05) is 5.56 Å². The summed E-state index contributed by atoms with van der Waals surface area (Å²) in [5.41, 5.74) is 13.0. The quantitative estimate of drug-likeness (QED) is 0.668. The monoisotopic (exact) mass is 221 g/mol. The third-order valence-corrected chi connectivity index (χ3v) is 3.43. The van der Waals surface area contributed by atoms with Crippen molar-refractivity contribution in [1.82, 2.24) is 0 Å². The van der Waals surface area contributed by atoms with E-state index in [1.807, 2.05) is 6.07 Å². The van der Waals surface area contributed by atoms with Gasteiger partial charge in [0.05, 0.1) is 5.69 Å². The molecular formula is C16H15N. The Morgan fingerprint density at radius 1 is 1.12 bits per heavy atom. The van der Waals surface area contributed by atoms with Gasteiger partial charge in [-0.25, -0.2) is 0 Å². The van der Waals surface area contributed by atoms with E-state index in [4.69, 9.17) is 5.73 Å². The van der Waals surface area contributed by atoms with Gasteiger partial charge in [0.15, 0.2) is 0 Å². The van der Waals surface area contributed by atoms with E-state index in [-0.39, 0.29) is 0 Å². The molecule has 1 aliphatic rings. The molecule has 0 heterocycles. The Bertz CT molecular complexity index is 582. The lowest BCUT2D eigenvalue weighted by molar-refractivity contribution is 0.864. The molecule has 84 valence electrons. The van der Waals surface area contributed by atoms with Crippen LogP contribution in [0.2, 0.25) is 0 Å². The summed E-state index contributed by atoms with van der Waals surface area (Å²) in [7, 11) is 0. The van der Waals surface area contributed by atoms with Crippen molar-refractivity contribution in [3.8, 4) is 11.1 Å². The first-order valence-electron chi connectivity index (χ1n) is 6.00. The maximum absolute atomic E-state index is 5.76. The molecule has 0 radical (unpaired) electrons. The molecule has 0 amide bonds. The van der Waals surface area contributed by atoms with E-state index in [0.717, 1.165) is 6.42 Å². The van der Waals surface area contributed by atoms with Crippen LogP contribution in [0.4, 0.5) is 5.69 Å². The standard InChI is InChI=1S/C16H15N/c1-10(2)11-3-5-15-12(7-11)8-13-9-14(17)4-6-16(13)15/h3,5,7,9-10H,8,17H2,1-2H3. The van der Waals surface area contributed by atoms with Crippen LogP contribution in [0, 0.1) is 12.1 Å². The fourth-order valence-corrected chi connectivity index (χ4v) is 2.46. The second-order valence-electron chi connectivity index (χ2n) is 5.00. The Balaban J connectivity index is 2.12. The molecule has 0 bridgehead atoms. The van der Waals surface area contributed by atoms with Gasteiger partial charge in [0.25, 0.3) is 0 Å². The fraction of sp³-hybridized carbons (Fsp3) is 0.250. The maximum atomic E-state index is 5.76. The van der Waals surface area contributed by atoms with Crippen LogP contribution in [0.15, 0.2) is 24.3 Å². The highest BCUT2D eigenvalue weighted by Crippen LogP contribution is 2.37. The van der Waals surface area contributed by atoms with Crippen LogP contribution in [0.25, 0.3) is 11.1 Å². The second kappa shape index (κ2) is 3.53. The number of nitrogen functional groups attached to an aromatic ring is 1. The average Bonchev–Trinajstić information content (AvgIpc) is 2.64. The predicted octanol–water partition coefficient (Wildman–Crippen LogP) is 3.56. The van der Waals surface area contributed by atoms with Gasteiger partial charge in [-0.15, -0.1) is 0 Å². The number of benzene rings is 1. The third-order valence-electron chi connectivity index (χ3n) is 3.43. The summed E-state index contributed by atoms with van der Waals surface area (Å²) in [5, 5.41) is 0. The van der Waals surface area contributed by atoms with Gasteiger partial charge in [-0.3, -0.25) is 0 Å². The van der Waals surface area contributed by atoms with Gasteiger partial charge in [-0.05, 0) is 46.7 Å². The molecule has 0 saturated heterocycles. The van der Waals surface area contributed by atoms with E-state index in [0.29, 0.717) is 11.6 Å². The number of nitrogens with two attached hydrogens (primary N) is 1. The fourth-order valence-electron chi connectivity index (χ4n) is 2.46. The lowest BCUT2D eigenvalue weighted by Crippen LogP contribution is -1.89. The van der Waals surface area contributed by atoms with Crippen LogP contribution in [-0.4, -0.2) is 0 Å². The Morgan fingerprint density at radius 2 is 1.94 bits per heavy atom. The molecule has 1 aliphatic carbocycles. The first-order chi connectivity index (χ1) is 8.15. The number of hydrogen-bond donors (Lipinski definition) is 1. The van der Waals surface area contributed by atoms with Crippen LogP contribution >= 0.6 is 0 Å². The highest BCUT2D eigenvalue weighted by molar-refractivity contribution is 5.76. The van der Waals surface area contributed by atoms with Crippen molar-refractivity contribution >= 4 is 5.69 Å². The van der Waals surface area contributed by atoms with E-state index in [1.54, 1.807) is 0 Å². The molecule has 2 N–H and O–H groups in total. The van der Waals surface area contributed by atoms with Crippen molar-refractivity contribution in [1.29, 1.82) is 0 Å². The SMILES string of the molecule is CC(C)c1ccc2c(c1)Cc1cc(N)c#cc1-2. The summed E-state index contributed by atoms with van der Waals surface area (Å²) in [6, 6.07) is 14.9. The van der Waals surface area contributed by atoms with Crippen molar-refractivity contribution in [2.24, 2.45) is 0 Å². The summed E-state index contributed by atoms with van der Waals surface area (Å²) in [4.78, 5) is 0. The van der Waals surface area contributed by atoms with Crippen molar-refractivity contribution in [2.45, 2.75) is 26.2 Å². The van der Waals surface area contributed by atoms with Crippen molar-refractivity contribution in [3.63, 3.8) is 0 Å². The van der Waals surface area contributed by atoms with Gasteiger partial charge >= 0.3 is 0 Å². The Hall–Kier alpha value is -1.94. The smallest absolute Gasteiger partial charge is 0.0834 e. The summed E-state index contributed by atoms with van der Waals surface area (Å²) >= 11 is 0. The highest BCUT2D eigenvalue weighted by atomic mass is 14.5. The van der Waals surface area contributed by atoms with Gasteiger partial charge in [0.2, 0.25) is 0 Å². The zero-order valence-electron chi connectivity index (χ0n) is 10.2. The van der Waals surface area contributed by atoms with Crippen LogP contribution in [0.1, 0.15) is 36.5 Å². The van der Waals surface area contributed by atoms with Crippen LogP contribution in [0.3, 0.4) is 0 Å². The Morgan fingerprint density at radius 3 is 2.71 bits per heavy atom. The zero-order chi connectivity index (χ0) is 12.0. The van der Waals surface area contributed by atoms with Gasteiger partial charge in [0.1, 0.15) is 0 Å². The molecule has 0 spiro atoms. The Labute approximate surface area is 102 Å². The second-order valence-corrected chi connectivity index (χ2v) is 5.00. The van der Waals surface area contributed by atoms with Gasteiger partial charge in [-0.1, -0.05) is 38.1 Å². The number of fused-ring (bicyclic) bond motifs is 3. The minimum Gasteiger partial charge on any atom is -0.392 e. The third kappa shape index (κ3) is 1.57. The molecule has 0 saturated carbocycles. The zero-order valence-corrected chi connectivity index (χ0v) is 10.2. The molecule has 0 aromatic heterocycles. The van der Waals surface area contributed by atoms with Crippen LogP contribution in [0.5, 0.6) is 0 Å². The summed E-state index contributed by atoms with van der Waals surface area (Å²) in [6.07, 6.45) is 0.973. The van der Waals surface area contributed by atoms with E-state index in [2.05, 4.69) is 44.2 Å². The average molecular weight is 221 g/mol.